The number of rotatable bonds is 3. The molecule has 0 spiro atoms. The number of hydrogen-bond acceptors (Lipinski definition) is 3. The second kappa shape index (κ2) is 4.04. The first kappa shape index (κ1) is 10.2. The average molecular weight is 207 g/mol. The molecule has 2 aliphatic rings. The van der Waals surface area contributed by atoms with E-state index in [-0.39, 0.29) is 5.91 Å². The Morgan fingerprint density at radius 1 is 1.60 bits per heavy atom. The number of nitrogens with zero attached hydrogens (tertiary/aromatic N) is 2. The SMILES string of the molecule is CC1CC(=O)N(/C(C=NC2CC2)=C/N)C1. The van der Waals surface area contributed by atoms with Crippen LogP contribution in [0.2, 0.25) is 0 Å². The molecule has 15 heavy (non-hydrogen) atoms. The Morgan fingerprint density at radius 2 is 2.33 bits per heavy atom. The highest BCUT2D eigenvalue weighted by Crippen LogP contribution is 2.24. The molecule has 0 aromatic carbocycles. The van der Waals surface area contributed by atoms with Crippen LogP contribution >= 0.6 is 0 Å². The van der Waals surface area contributed by atoms with Gasteiger partial charge in [-0.15, -0.1) is 0 Å². The molecule has 1 heterocycles. The van der Waals surface area contributed by atoms with Gasteiger partial charge < -0.3 is 10.6 Å². The molecule has 82 valence electrons. The molecular formula is C11H17N3O. The third kappa shape index (κ3) is 2.37. The minimum absolute atomic E-state index is 0.154. The summed E-state index contributed by atoms with van der Waals surface area (Å²) in [5.74, 6) is 0.572. The molecule has 1 unspecified atom stereocenters. The number of allylic oxidation sites excluding steroid dienone is 1. The summed E-state index contributed by atoms with van der Waals surface area (Å²) < 4.78 is 0. The van der Waals surface area contributed by atoms with Crippen LogP contribution in [0, 0.1) is 5.92 Å². The third-order valence-corrected chi connectivity index (χ3v) is 2.77. The summed E-state index contributed by atoms with van der Waals surface area (Å²) in [4.78, 5) is 17.7. The van der Waals surface area contributed by atoms with Crippen molar-refractivity contribution in [2.45, 2.75) is 32.2 Å². The Labute approximate surface area is 89.8 Å². The Balaban J connectivity index is 2.02. The maximum Gasteiger partial charge on any atom is 0.227 e. The molecule has 2 fully saturated rings. The van der Waals surface area contributed by atoms with E-state index in [1.54, 1.807) is 11.1 Å². The van der Waals surface area contributed by atoms with Crippen LogP contribution in [0.4, 0.5) is 0 Å². The molecule has 1 aliphatic carbocycles. The first-order valence-corrected chi connectivity index (χ1v) is 5.46. The van der Waals surface area contributed by atoms with Gasteiger partial charge in [0.1, 0.15) is 0 Å². The smallest absolute Gasteiger partial charge is 0.227 e. The van der Waals surface area contributed by atoms with E-state index in [0.717, 1.165) is 12.2 Å². The van der Waals surface area contributed by atoms with Crippen molar-refractivity contribution >= 4 is 12.1 Å². The third-order valence-electron chi connectivity index (χ3n) is 2.77. The molecular weight excluding hydrogens is 190 g/mol. The number of likely N-dealkylation sites (tertiary alicyclic amines) is 1. The largest absolute Gasteiger partial charge is 0.403 e. The molecule has 1 atom stereocenters. The van der Waals surface area contributed by atoms with E-state index >= 15 is 0 Å². The van der Waals surface area contributed by atoms with Gasteiger partial charge in [-0.1, -0.05) is 6.92 Å². The predicted molar refractivity (Wildman–Crippen MR) is 59.3 cm³/mol. The highest BCUT2D eigenvalue weighted by Gasteiger charge is 2.28. The Kier molecular flexibility index (Phi) is 2.75. The van der Waals surface area contributed by atoms with Crippen LogP contribution in [0.1, 0.15) is 26.2 Å². The van der Waals surface area contributed by atoms with Crippen LogP contribution < -0.4 is 5.73 Å². The van der Waals surface area contributed by atoms with E-state index in [1.165, 1.54) is 19.0 Å². The van der Waals surface area contributed by atoms with Crippen molar-refractivity contribution in [3.8, 4) is 0 Å². The maximum atomic E-state index is 11.6. The molecule has 4 heteroatoms. The summed E-state index contributed by atoms with van der Waals surface area (Å²) in [7, 11) is 0. The molecule has 0 bridgehead atoms. The molecule has 0 aromatic rings. The summed E-state index contributed by atoms with van der Waals surface area (Å²) in [6.45, 7) is 2.84. The van der Waals surface area contributed by atoms with Gasteiger partial charge in [-0.25, -0.2) is 0 Å². The maximum absolute atomic E-state index is 11.6. The van der Waals surface area contributed by atoms with E-state index < -0.39 is 0 Å². The zero-order valence-corrected chi connectivity index (χ0v) is 9.02. The normalized spacial score (nSPS) is 28.1. The zero-order chi connectivity index (χ0) is 10.8. The molecule has 0 radical (unpaired) electrons. The quantitative estimate of drug-likeness (QED) is 0.699. The van der Waals surface area contributed by atoms with Crippen LogP contribution in [0.5, 0.6) is 0 Å². The van der Waals surface area contributed by atoms with E-state index in [1.807, 2.05) is 0 Å². The molecule has 0 aromatic heterocycles. The lowest BCUT2D eigenvalue weighted by molar-refractivity contribution is -0.125. The first-order chi connectivity index (χ1) is 7.20. The van der Waals surface area contributed by atoms with E-state index in [9.17, 15) is 4.79 Å². The molecule has 1 saturated heterocycles. The monoisotopic (exact) mass is 207 g/mol. The van der Waals surface area contributed by atoms with Crippen molar-refractivity contribution < 1.29 is 4.79 Å². The fraction of sp³-hybridized carbons (Fsp3) is 0.636. The van der Waals surface area contributed by atoms with Crippen LogP contribution in [-0.2, 0) is 4.79 Å². The van der Waals surface area contributed by atoms with Gasteiger partial charge in [0, 0.05) is 25.4 Å². The van der Waals surface area contributed by atoms with E-state index in [0.29, 0.717) is 18.4 Å². The fourth-order valence-corrected chi connectivity index (χ4v) is 1.74. The highest BCUT2D eigenvalue weighted by atomic mass is 16.2. The molecule has 2 N–H and O–H groups in total. The number of hydrogen-bond donors (Lipinski definition) is 1. The number of nitrogens with two attached hydrogens (primary N) is 1. The summed E-state index contributed by atoms with van der Waals surface area (Å²) in [6.07, 6.45) is 6.17. The standard InChI is InChI=1S/C11H17N3O/c1-8-4-11(15)14(7-8)10(5-12)6-13-9-2-3-9/h5-6,8-9H,2-4,7,12H2,1H3/b10-5+,13-6?. The van der Waals surface area contributed by atoms with Crippen LogP contribution in [0.25, 0.3) is 0 Å². The van der Waals surface area contributed by atoms with E-state index in [2.05, 4.69) is 11.9 Å². The second-order valence-electron chi connectivity index (χ2n) is 4.41. The number of carbonyl (C=O) groups excluding carboxylic acids is 1. The topological polar surface area (TPSA) is 58.7 Å². The molecule has 4 nitrogen and oxygen atoms in total. The highest BCUT2D eigenvalue weighted by molar-refractivity contribution is 5.89. The number of aliphatic imine (C=N–C) groups is 1. The Bertz CT molecular complexity index is 318. The zero-order valence-electron chi connectivity index (χ0n) is 9.02. The first-order valence-electron chi connectivity index (χ1n) is 5.46. The van der Waals surface area contributed by atoms with Crippen molar-refractivity contribution in [1.82, 2.24) is 4.90 Å². The van der Waals surface area contributed by atoms with Gasteiger partial charge >= 0.3 is 0 Å². The van der Waals surface area contributed by atoms with Gasteiger partial charge in [-0.2, -0.15) is 0 Å². The minimum Gasteiger partial charge on any atom is -0.403 e. The predicted octanol–water partition coefficient (Wildman–Crippen LogP) is 0.888. The van der Waals surface area contributed by atoms with Gasteiger partial charge in [0.2, 0.25) is 5.91 Å². The van der Waals surface area contributed by atoms with Crippen molar-refractivity contribution in [2.75, 3.05) is 6.54 Å². The Hall–Kier alpha value is -1.32. The molecule has 1 aliphatic heterocycles. The number of amides is 1. The van der Waals surface area contributed by atoms with Gasteiger partial charge in [0.15, 0.2) is 0 Å². The average Bonchev–Trinajstić information content (AvgIpc) is 2.95. The van der Waals surface area contributed by atoms with Gasteiger partial charge in [0.05, 0.1) is 11.7 Å². The minimum atomic E-state index is 0.154. The van der Waals surface area contributed by atoms with Crippen LogP contribution in [0.15, 0.2) is 16.9 Å². The van der Waals surface area contributed by atoms with Crippen molar-refractivity contribution in [2.24, 2.45) is 16.6 Å². The fourth-order valence-electron chi connectivity index (χ4n) is 1.74. The van der Waals surface area contributed by atoms with Crippen molar-refractivity contribution in [3.63, 3.8) is 0 Å². The summed E-state index contributed by atoms with van der Waals surface area (Å²) >= 11 is 0. The van der Waals surface area contributed by atoms with Crippen molar-refractivity contribution in [1.29, 1.82) is 0 Å². The molecule has 1 saturated carbocycles. The lowest BCUT2D eigenvalue weighted by Crippen LogP contribution is -2.26. The van der Waals surface area contributed by atoms with Gasteiger partial charge in [-0.05, 0) is 18.8 Å². The van der Waals surface area contributed by atoms with Crippen molar-refractivity contribution in [3.05, 3.63) is 11.9 Å². The summed E-state index contributed by atoms with van der Waals surface area (Å²) in [5, 5.41) is 0. The van der Waals surface area contributed by atoms with Crippen LogP contribution in [-0.4, -0.2) is 29.6 Å². The lowest BCUT2D eigenvalue weighted by atomic mass is 10.2. The summed E-state index contributed by atoms with van der Waals surface area (Å²) in [6, 6.07) is 0.468. The lowest BCUT2D eigenvalue weighted by Gasteiger charge is -2.15. The van der Waals surface area contributed by atoms with Gasteiger partial charge in [-0.3, -0.25) is 9.79 Å². The van der Waals surface area contributed by atoms with Gasteiger partial charge in [0.25, 0.3) is 0 Å². The van der Waals surface area contributed by atoms with E-state index in [4.69, 9.17) is 5.73 Å². The molecule has 2 rings (SSSR count). The molecule has 1 amide bonds. The Morgan fingerprint density at radius 3 is 2.80 bits per heavy atom. The summed E-state index contributed by atoms with van der Waals surface area (Å²) in [5.41, 5.74) is 6.27. The number of carbonyl (C=O) groups is 1. The second-order valence-corrected chi connectivity index (χ2v) is 4.41. The van der Waals surface area contributed by atoms with Crippen LogP contribution in [0.3, 0.4) is 0 Å².